The Kier molecular flexibility index (Phi) is 9.03. The Bertz CT molecular complexity index is 4930. The van der Waals surface area contributed by atoms with Gasteiger partial charge in [-0.3, -0.25) is 0 Å². The molecule has 0 spiro atoms. The average molecular weight is 1020 g/mol. The van der Waals surface area contributed by atoms with E-state index in [4.69, 9.17) is 18.9 Å². The van der Waals surface area contributed by atoms with E-state index >= 15 is 0 Å². The predicted molar refractivity (Wildman–Crippen MR) is 327 cm³/mol. The van der Waals surface area contributed by atoms with Crippen LogP contribution in [0.15, 0.2) is 255 Å². The summed E-state index contributed by atoms with van der Waals surface area (Å²) in [5.74, 6) is 6.57. The lowest BCUT2D eigenvalue weighted by Gasteiger charge is -2.34. The fourth-order valence-electron chi connectivity index (χ4n) is 13.6. The Morgan fingerprint density at radius 2 is 0.575 bits per heavy atom. The number of ether oxygens (including phenoxy) is 4. The molecule has 0 saturated carbocycles. The summed E-state index contributed by atoms with van der Waals surface area (Å²) in [6.45, 7) is -0.147. The topological polar surface area (TPSA) is 46.8 Å². The van der Waals surface area contributed by atoms with Crippen LogP contribution in [0, 0.1) is 0 Å². The van der Waals surface area contributed by atoms with Gasteiger partial charge in [-0.1, -0.05) is 152 Å². The van der Waals surface area contributed by atoms with Gasteiger partial charge < -0.3 is 28.1 Å². The van der Waals surface area contributed by atoms with Gasteiger partial charge in [-0.05, 0) is 158 Å². The van der Waals surface area contributed by atoms with Crippen LogP contribution in [-0.2, 0) is 0 Å². The van der Waals surface area contributed by atoms with Crippen molar-refractivity contribution in [1.29, 1.82) is 0 Å². The van der Waals surface area contributed by atoms with E-state index in [0.29, 0.717) is 0 Å². The SMILES string of the molecule is c1ccc(-n2c3ccccc3c3cc(-c4cc5c6c(c4)Oc4cc(-c7ccc8c(c7)Oc7cc(-c9ccc(-n%10c%11ccccc%11c%11ccccc%11%10)cc9)cc9c7B8c7ccccc7O9)ccc4B6c4ccccc4O5)ccc32)cc1. The van der Waals surface area contributed by atoms with Crippen LogP contribution >= 0.6 is 0 Å². The van der Waals surface area contributed by atoms with Crippen molar-refractivity contribution in [3.63, 3.8) is 0 Å². The quantitative estimate of drug-likeness (QED) is 0.161. The van der Waals surface area contributed by atoms with Crippen LogP contribution in [0.4, 0.5) is 0 Å². The molecule has 0 saturated heterocycles. The van der Waals surface area contributed by atoms with Crippen molar-refractivity contribution < 1.29 is 18.9 Å². The maximum absolute atomic E-state index is 7.13. The maximum atomic E-state index is 7.13. The summed E-state index contributed by atoms with van der Waals surface area (Å²) in [6.07, 6.45) is 0. The van der Waals surface area contributed by atoms with Crippen LogP contribution in [0.25, 0.3) is 88.4 Å². The molecule has 0 N–H and O–H groups in total. The molecule has 80 heavy (non-hydrogen) atoms. The summed E-state index contributed by atoms with van der Waals surface area (Å²) in [7, 11) is 0. The smallest absolute Gasteiger partial charge is 0.260 e. The van der Waals surface area contributed by atoms with Crippen LogP contribution < -0.4 is 51.7 Å². The molecule has 0 unspecified atom stereocenters. The lowest BCUT2D eigenvalue weighted by atomic mass is 9.34. The first kappa shape index (κ1) is 43.6. The lowest BCUT2D eigenvalue weighted by Crippen LogP contribution is -2.57. The molecule has 0 amide bonds. The minimum atomic E-state index is -0.0756. The summed E-state index contributed by atoms with van der Waals surface area (Å²) in [4.78, 5) is 0. The van der Waals surface area contributed by atoms with Crippen LogP contribution in [0.3, 0.4) is 0 Å². The van der Waals surface area contributed by atoms with Crippen molar-refractivity contribution in [1.82, 2.24) is 9.13 Å². The highest BCUT2D eigenvalue weighted by atomic mass is 16.5. The summed E-state index contributed by atoms with van der Waals surface area (Å²) < 4.78 is 32.5. The molecule has 12 aromatic carbocycles. The second-order valence-corrected chi connectivity index (χ2v) is 21.5. The molecule has 18 rings (SSSR count). The van der Waals surface area contributed by atoms with Gasteiger partial charge in [0.15, 0.2) is 0 Å². The first-order chi connectivity index (χ1) is 39.6. The highest BCUT2D eigenvalue weighted by Crippen LogP contribution is 2.44. The molecule has 0 radical (unpaired) electrons. The molecule has 6 nitrogen and oxygen atoms in total. The Balaban J connectivity index is 0.722. The number of fused-ring (bicyclic) bond motifs is 14. The monoisotopic (exact) mass is 1020 g/mol. The predicted octanol–water partition coefficient (Wildman–Crippen LogP) is 14.3. The van der Waals surface area contributed by atoms with E-state index in [1.54, 1.807) is 0 Å². The van der Waals surface area contributed by atoms with Crippen molar-refractivity contribution in [2.45, 2.75) is 0 Å². The molecule has 0 fully saturated rings. The van der Waals surface area contributed by atoms with E-state index in [2.05, 4.69) is 258 Å². The van der Waals surface area contributed by atoms with Gasteiger partial charge in [-0.2, -0.15) is 0 Å². The molecule has 6 heterocycles. The molecule has 0 atom stereocenters. The van der Waals surface area contributed by atoms with Gasteiger partial charge in [-0.15, -0.1) is 0 Å². The van der Waals surface area contributed by atoms with Gasteiger partial charge in [0.25, 0.3) is 13.4 Å². The van der Waals surface area contributed by atoms with E-state index in [9.17, 15) is 0 Å². The van der Waals surface area contributed by atoms with Crippen molar-refractivity contribution in [2.75, 3.05) is 0 Å². The third kappa shape index (κ3) is 6.33. The number of hydrogen-bond donors (Lipinski definition) is 0. The molecular weight excluding hydrogens is 978 g/mol. The summed E-state index contributed by atoms with van der Waals surface area (Å²) in [5, 5.41) is 4.88. The van der Waals surface area contributed by atoms with Crippen LogP contribution in [0.1, 0.15) is 0 Å². The normalized spacial score (nSPS) is 13.1. The molecule has 370 valence electrons. The number of nitrogens with zero attached hydrogens (tertiary/aromatic N) is 2. The fraction of sp³-hybridized carbons (Fsp3) is 0. The molecular formula is C72H42B2N2O4. The Hall–Kier alpha value is -10.4. The molecule has 14 aromatic rings. The first-order valence-corrected chi connectivity index (χ1v) is 27.3. The first-order valence-electron chi connectivity index (χ1n) is 27.3. The van der Waals surface area contributed by atoms with Crippen molar-refractivity contribution in [3.05, 3.63) is 255 Å². The minimum absolute atomic E-state index is 0.0713. The van der Waals surface area contributed by atoms with Gasteiger partial charge in [-0.25, -0.2) is 0 Å². The summed E-state index contributed by atoms with van der Waals surface area (Å²) in [5.41, 5.74) is 19.8. The Labute approximate surface area is 461 Å². The highest BCUT2D eigenvalue weighted by Gasteiger charge is 2.42. The largest absolute Gasteiger partial charge is 0.458 e. The van der Waals surface area contributed by atoms with Crippen LogP contribution in [0.2, 0.25) is 0 Å². The van der Waals surface area contributed by atoms with E-state index in [1.165, 1.54) is 38.1 Å². The van der Waals surface area contributed by atoms with E-state index in [-0.39, 0.29) is 13.4 Å². The number of hydrogen-bond acceptors (Lipinski definition) is 4. The lowest BCUT2D eigenvalue weighted by molar-refractivity contribution is 0.464. The van der Waals surface area contributed by atoms with Gasteiger partial charge in [0.2, 0.25) is 0 Å². The zero-order valence-corrected chi connectivity index (χ0v) is 42.9. The Morgan fingerprint density at radius 3 is 1.10 bits per heavy atom. The molecule has 4 aliphatic heterocycles. The number of benzene rings is 12. The third-order valence-corrected chi connectivity index (χ3v) is 17.2. The molecule has 2 aromatic heterocycles. The summed E-state index contributed by atoms with van der Waals surface area (Å²) in [6, 6.07) is 91.1. The van der Waals surface area contributed by atoms with Crippen LogP contribution in [0.5, 0.6) is 46.0 Å². The van der Waals surface area contributed by atoms with Gasteiger partial charge >= 0.3 is 0 Å². The molecule has 0 aliphatic carbocycles. The van der Waals surface area contributed by atoms with Crippen molar-refractivity contribution >= 4 is 89.8 Å². The maximum Gasteiger partial charge on any atom is 0.260 e. The van der Waals surface area contributed by atoms with Gasteiger partial charge in [0.05, 0.1) is 22.1 Å². The second-order valence-electron chi connectivity index (χ2n) is 21.5. The van der Waals surface area contributed by atoms with E-state index in [0.717, 1.165) is 129 Å². The second kappa shape index (κ2) is 16.5. The average Bonchev–Trinajstić information content (AvgIpc) is 4.15. The van der Waals surface area contributed by atoms with Gasteiger partial charge in [0.1, 0.15) is 46.0 Å². The highest BCUT2D eigenvalue weighted by molar-refractivity contribution is 6.99. The minimum Gasteiger partial charge on any atom is -0.458 e. The van der Waals surface area contributed by atoms with Crippen molar-refractivity contribution in [3.8, 4) is 90.8 Å². The fourth-order valence-corrected chi connectivity index (χ4v) is 13.6. The number of aromatic nitrogens is 2. The molecule has 0 bridgehead atoms. The molecule has 8 heteroatoms. The third-order valence-electron chi connectivity index (χ3n) is 17.2. The van der Waals surface area contributed by atoms with E-state index < -0.39 is 0 Å². The van der Waals surface area contributed by atoms with Crippen molar-refractivity contribution in [2.24, 2.45) is 0 Å². The zero-order valence-electron chi connectivity index (χ0n) is 42.9. The number of para-hydroxylation sites is 6. The number of rotatable bonds is 5. The van der Waals surface area contributed by atoms with Gasteiger partial charge in [0, 0.05) is 43.8 Å². The Morgan fingerprint density at radius 1 is 0.225 bits per heavy atom. The zero-order chi connectivity index (χ0) is 52.2. The standard InChI is InChI=1S/C72H42B2N2O4/c1-2-14-49(15-3-1)75-61-23-11-6-18-53(61)54-36-44(30-35-62(54)75)48-41-68-72-70(42-48)80-66-38-46(29-34-58(66)74(72)56-20-8-13-25-64(56)78-68)45-28-33-57-65(37-45)79-69-40-47(39-67-71(69)73(57)55-19-7-12-24-63(55)77-67)43-26-31-50(32-27-43)76-59-21-9-4-16-51(59)52-17-5-10-22-60(52)76/h1-42H. The summed E-state index contributed by atoms with van der Waals surface area (Å²) >= 11 is 0. The van der Waals surface area contributed by atoms with E-state index in [1.807, 2.05) is 6.07 Å². The van der Waals surface area contributed by atoms with Crippen LogP contribution in [-0.4, -0.2) is 22.6 Å². The molecule has 4 aliphatic rings.